The molecule has 2 N–H and O–H groups in total. The van der Waals surface area contributed by atoms with Gasteiger partial charge < -0.3 is 15.5 Å². The Bertz CT molecular complexity index is 1430. The molecule has 0 spiro atoms. The zero-order valence-corrected chi connectivity index (χ0v) is 28.6. The van der Waals surface area contributed by atoms with Crippen LogP contribution in [-0.4, -0.2) is 64.3 Å². The smallest absolute Gasteiger partial charge is 0.315 e. The van der Waals surface area contributed by atoms with Gasteiger partial charge in [0.1, 0.15) is 0 Å². The number of nitrogens with zero attached hydrogens (tertiary/aromatic N) is 1. The molecule has 3 fully saturated rings. The molecule has 3 saturated heterocycles. The summed E-state index contributed by atoms with van der Waals surface area (Å²) in [5.41, 5.74) is 0.668. The van der Waals surface area contributed by atoms with E-state index in [0.29, 0.717) is 23.0 Å². The minimum absolute atomic E-state index is 0.0365. The lowest BCUT2D eigenvalue weighted by molar-refractivity contribution is -0.130. The van der Waals surface area contributed by atoms with Gasteiger partial charge in [-0.25, -0.2) is 4.79 Å². The topological polar surface area (TPSA) is 61.4 Å². The number of urea groups is 1. The number of nitrogens with one attached hydrogen (secondary N) is 2. The number of likely N-dealkylation sites (tertiary alicyclic amines) is 1. The van der Waals surface area contributed by atoms with Crippen LogP contribution in [-0.2, 0) is 4.79 Å². The highest BCUT2D eigenvalue weighted by Crippen LogP contribution is 2.54. The van der Waals surface area contributed by atoms with E-state index < -0.39 is 15.8 Å². The van der Waals surface area contributed by atoms with E-state index in [1.807, 2.05) is 11.8 Å². The van der Waals surface area contributed by atoms with Gasteiger partial charge in [-0.3, -0.25) is 4.79 Å². The van der Waals surface area contributed by atoms with Crippen molar-refractivity contribution in [3.63, 3.8) is 0 Å². The number of rotatable bonds is 11. The van der Waals surface area contributed by atoms with Crippen LogP contribution >= 0.6 is 27.6 Å². The van der Waals surface area contributed by atoms with E-state index in [4.69, 9.17) is 0 Å². The summed E-state index contributed by atoms with van der Waals surface area (Å²) < 4.78 is 0. The fourth-order valence-electron chi connectivity index (χ4n) is 7.32. The quantitative estimate of drug-likeness (QED) is 0.125. The van der Waals surface area contributed by atoms with Crippen LogP contribution in [0.3, 0.4) is 0 Å². The van der Waals surface area contributed by atoms with Crippen molar-refractivity contribution in [2.24, 2.45) is 0 Å². The molecule has 4 aromatic carbocycles. The lowest BCUT2D eigenvalue weighted by Gasteiger charge is -2.34. The Hall–Kier alpha value is -3.17. The highest BCUT2D eigenvalue weighted by atomic mass is 32.2. The van der Waals surface area contributed by atoms with E-state index in [0.717, 1.165) is 38.1 Å². The lowest BCUT2D eigenvalue weighted by Crippen LogP contribution is -2.36. The van der Waals surface area contributed by atoms with Crippen LogP contribution in [0.15, 0.2) is 121 Å². The first-order chi connectivity index (χ1) is 22.7. The molecule has 236 valence electrons. The number of hydrogen-bond donors (Lipinski definition) is 2. The van der Waals surface area contributed by atoms with Crippen molar-refractivity contribution in [3.8, 4) is 0 Å². The van der Waals surface area contributed by atoms with Crippen LogP contribution < -0.4 is 31.9 Å². The minimum atomic E-state index is -0.708. The summed E-state index contributed by atoms with van der Waals surface area (Å²) >= 11 is 1.95. The van der Waals surface area contributed by atoms with Crippen LogP contribution in [0.1, 0.15) is 25.7 Å². The van der Waals surface area contributed by atoms with Crippen LogP contribution in [0.4, 0.5) is 4.79 Å². The van der Waals surface area contributed by atoms with E-state index >= 15 is 0 Å². The number of carbonyl (C=O) groups excluding carboxylic acids is 2. The van der Waals surface area contributed by atoms with Crippen LogP contribution in [0, 0.1) is 0 Å². The molecule has 3 heterocycles. The summed E-state index contributed by atoms with van der Waals surface area (Å²) in [6.07, 6.45) is 3.51. The Morgan fingerprint density at radius 1 is 0.674 bits per heavy atom. The van der Waals surface area contributed by atoms with Crippen LogP contribution in [0.2, 0.25) is 0 Å². The van der Waals surface area contributed by atoms with Crippen LogP contribution in [0.5, 0.6) is 0 Å². The average molecular weight is 666 g/mol. The number of carbonyl (C=O) groups is 2. The first-order valence-corrected chi connectivity index (χ1v) is 20.3. The molecule has 0 saturated carbocycles. The highest BCUT2D eigenvalue weighted by Gasteiger charge is 2.45. The number of fused-ring (bicyclic) bond motifs is 1. The third-order valence-electron chi connectivity index (χ3n) is 9.48. The number of amides is 3. The van der Waals surface area contributed by atoms with Gasteiger partial charge in [0.2, 0.25) is 5.91 Å². The molecule has 4 aromatic rings. The second-order valence-corrected chi connectivity index (χ2v) is 18.5. The highest BCUT2D eigenvalue weighted by molar-refractivity contribution is 8.00. The van der Waals surface area contributed by atoms with Gasteiger partial charge in [0.05, 0.1) is 12.1 Å². The standard InChI is InChI=1S/C38H41N3O2P2S/c42-36(24-14-13-23-35-37-32(27-46-35)39-38(43)40-37)41-25-33(44(28-15-5-1-6-16-28)29-17-7-2-8-18-29)34(26-41)45(30-19-9-3-10-20-30)31-21-11-4-12-22-31/h1-12,15-22,32-35,37H,13-14,23-27H2,(H2,39,40,43)/t32-,33-,34-,35-,37-/m0/s1. The zero-order valence-electron chi connectivity index (χ0n) is 25.9. The average Bonchev–Trinajstić information content (AvgIpc) is 3.80. The Balaban J connectivity index is 1.15. The summed E-state index contributed by atoms with van der Waals surface area (Å²) in [6, 6.07) is 44.5. The molecule has 5 nitrogen and oxygen atoms in total. The maximum Gasteiger partial charge on any atom is 0.315 e. The normalized spacial score (nSPS) is 23.8. The van der Waals surface area contributed by atoms with Crippen molar-refractivity contribution < 1.29 is 9.59 Å². The number of unbranched alkanes of at least 4 members (excludes halogenated alkanes) is 1. The molecule has 5 atom stereocenters. The SMILES string of the molecule is O=C1N[C@H]2[C@H](CS[C@H]2CCCCC(=O)N2C[C@H](P(c3ccccc3)c3ccccc3)[C@@H](P(c3ccccc3)c3ccccc3)C2)N1. The molecule has 0 aromatic heterocycles. The van der Waals surface area contributed by atoms with E-state index in [2.05, 4.69) is 137 Å². The largest absolute Gasteiger partial charge is 0.341 e. The fraction of sp³-hybridized carbons (Fsp3) is 0.316. The van der Waals surface area contributed by atoms with Gasteiger partial charge in [0.15, 0.2) is 0 Å². The Labute approximate surface area is 279 Å². The predicted octanol–water partition coefficient (Wildman–Crippen LogP) is 5.56. The second kappa shape index (κ2) is 14.7. The summed E-state index contributed by atoms with van der Waals surface area (Å²) in [5.74, 6) is 1.26. The van der Waals surface area contributed by atoms with Gasteiger partial charge in [0, 0.05) is 41.8 Å². The van der Waals surface area contributed by atoms with Crippen molar-refractivity contribution in [2.45, 2.75) is 54.3 Å². The van der Waals surface area contributed by atoms with Crippen molar-refractivity contribution in [1.29, 1.82) is 0 Å². The number of hydrogen-bond acceptors (Lipinski definition) is 3. The molecule has 3 aliphatic rings. The zero-order chi connectivity index (χ0) is 31.3. The molecule has 8 heteroatoms. The summed E-state index contributed by atoms with van der Waals surface area (Å²) in [5, 5.41) is 12.1. The van der Waals surface area contributed by atoms with Gasteiger partial charge in [-0.2, -0.15) is 11.8 Å². The maximum absolute atomic E-state index is 14.0. The molecule has 3 aliphatic heterocycles. The van der Waals surface area contributed by atoms with Crippen molar-refractivity contribution in [2.75, 3.05) is 18.8 Å². The number of benzene rings is 4. The van der Waals surface area contributed by atoms with Crippen LogP contribution in [0.25, 0.3) is 0 Å². The van der Waals surface area contributed by atoms with E-state index in [1.165, 1.54) is 21.2 Å². The van der Waals surface area contributed by atoms with Gasteiger partial charge in [-0.15, -0.1) is 0 Å². The monoisotopic (exact) mass is 665 g/mol. The molecular weight excluding hydrogens is 624 g/mol. The van der Waals surface area contributed by atoms with Gasteiger partial charge >= 0.3 is 6.03 Å². The molecule has 46 heavy (non-hydrogen) atoms. The van der Waals surface area contributed by atoms with Crippen molar-refractivity contribution >= 4 is 60.8 Å². The third kappa shape index (κ3) is 6.91. The molecule has 0 bridgehead atoms. The second-order valence-electron chi connectivity index (χ2n) is 12.4. The molecule has 7 rings (SSSR count). The molecule has 0 radical (unpaired) electrons. The summed E-state index contributed by atoms with van der Waals surface area (Å²) in [6.45, 7) is 1.58. The number of thioether (sulfide) groups is 1. The molecule has 0 aliphatic carbocycles. The lowest BCUT2D eigenvalue weighted by atomic mass is 10.0. The van der Waals surface area contributed by atoms with Gasteiger partial charge in [0.25, 0.3) is 0 Å². The molecule has 3 amide bonds. The predicted molar refractivity (Wildman–Crippen MR) is 196 cm³/mol. The van der Waals surface area contributed by atoms with Crippen molar-refractivity contribution in [3.05, 3.63) is 121 Å². The Morgan fingerprint density at radius 3 is 1.59 bits per heavy atom. The Morgan fingerprint density at radius 2 is 1.13 bits per heavy atom. The van der Waals surface area contributed by atoms with Crippen molar-refractivity contribution in [1.82, 2.24) is 15.5 Å². The molecule has 0 unspecified atom stereocenters. The van der Waals surface area contributed by atoms with E-state index in [1.54, 1.807) is 0 Å². The maximum atomic E-state index is 14.0. The van der Waals surface area contributed by atoms with E-state index in [-0.39, 0.29) is 24.0 Å². The summed E-state index contributed by atoms with van der Waals surface area (Å²) in [4.78, 5) is 28.0. The third-order valence-corrected chi connectivity index (χ3v) is 17.0. The van der Waals surface area contributed by atoms with Gasteiger partial charge in [-0.1, -0.05) is 128 Å². The first-order valence-electron chi connectivity index (χ1n) is 16.4. The minimum Gasteiger partial charge on any atom is -0.341 e. The molecular formula is C38H41N3O2P2S. The summed E-state index contributed by atoms with van der Waals surface area (Å²) in [7, 11) is -1.42. The Kier molecular flexibility index (Phi) is 10.1. The first kappa shape index (κ1) is 31.4. The van der Waals surface area contributed by atoms with Gasteiger partial charge in [-0.05, 0) is 49.9 Å². The van der Waals surface area contributed by atoms with E-state index in [9.17, 15) is 9.59 Å². The fourth-order valence-corrected chi connectivity index (χ4v) is 15.4.